The highest BCUT2D eigenvalue weighted by molar-refractivity contribution is 6.00. The Kier molecular flexibility index (Phi) is 8.35. The molecule has 2 heterocycles. The average Bonchev–Trinajstić information content (AvgIpc) is 2.95. The lowest BCUT2D eigenvalue weighted by Gasteiger charge is -2.42. The highest BCUT2D eigenvalue weighted by Gasteiger charge is 2.39. The second kappa shape index (κ2) is 12.1. The molecule has 2 N–H and O–H groups in total. The van der Waals surface area contributed by atoms with Gasteiger partial charge in [-0.15, -0.1) is 0 Å². The van der Waals surface area contributed by atoms with Crippen LogP contribution in [0.25, 0.3) is 0 Å². The van der Waals surface area contributed by atoms with Crippen LogP contribution in [0.5, 0.6) is 11.5 Å². The summed E-state index contributed by atoms with van der Waals surface area (Å²) < 4.78 is 17.6. The molecule has 1 saturated carbocycles. The van der Waals surface area contributed by atoms with Gasteiger partial charge in [-0.1, -0.05) is 25.3 Å². The first-order valence-electron chi connectivity index (χ1n) is 13.9. The molecule has 3 atom stereocenters. The van der Waals surface area contributed by atoms with E-state index in [0.717, 1.165) is 25.7 Å². The molecule has 2 aromatic rings. The summed E-state index contributed by atoms with van der Waals surface area (Å²) in [6, 6.07) is 12.3. The van der Waals surface area contributed by atoms with Crippen molar-refractivity contribution in [2.24, 2.45) is 5.92 Å². The number of rotatable bonds is 6. The molecular formula is C30H37N3O6. The number of carbonyl (C=O) groups excluding carboxylic acids is 3. The minimum absolute atomic E-state index is 0.0180. The summed E-state index contributed by atoms with van der Waals surface area (Å²) in [5.74, 6) is 0.859. The maximum atomic E-state index is 13.5. The van der Waals surface area contributed by atoms with Crippen molar-refractivity contribution in [3.63, 3.8) is 0 Å². The highest BCUT2D eigenvalue weighted by atomic mass is 16.5. The topological polar surface area (TPSA) is 106 Å². The molecule has 0 aromatic heterocycles. The molecule has 0 spiro atoms. The van der Waals surface area contributed by atoms with Gasteiger partial charge in [0.2, 0.25) is 11.8 Å². The molecule has 0 radical (unpaired) electrons. The Morgan fingerprint density at radius 2 is 1.79 bits per heavy atom. The summed E-state index contributed by atoms with van der Waals surface area (Å²) in [7, 11) is 3.36. The van der Waals surface area contributed by atoms with Crippen LogP contribution >= 0.6 is 0 Å². The average molecular weight is 536 g/mol. The summed E-state index contributed by atoms with van der Waals surface area (Å²) >= 11 is 0. The number of nitrogens with zero attached hydrogens (tertiary/aromatic N) is 1. The van der Waals surface area contributed by atoms with Crippen LogP contribution in [0, 0.1) is 5.92 Å². The van der Waals surface area contributed by atoms with E-state index in [0.29, 0.717) is 41.3 Å². The molecule has 0 unspecified atom stereocenters. The number of nitrogens with one attached hydrogen (secondary N) is 2. The smallest absolute Gasteiger partial charge is 0.257 e. The number of anilines is 2. The van der Waals surface area contributed by atoms with Gasteiger partial charge in [-0.05, 0) is 56.0 Å². The summed E-state index contributed by atoms with van der Waals surface area (Å²) in [6.45, 7) is 0.261. The largest absolute Gasteiger partial charge is 0.497 e. The second-order valence-corrected chi connectivity index (χ2v) is 10.7. The molecule has 5 rings (SSSR count). The van der Waals surface area contributed by atoms with Gasteiger partial charge in [0.1, 0.15) is 24.2 Å². The van der Waals surface area contributed by atoms with E-state index in [1.54, 1.807) is 43.3 Å². The van der Waals surface area contributed by atoms with Crippen molar-refractivity contribution in [3.8, 4) is 11.5 Å². The zero-order valence-electron chi connectivity index (χ0n) is 22.6. The Balaban J connectivity index is 1.22. The fourth-order valence-corrected chi connectivity index (χ4v) is 5.83. The van der Waals surface area contributed by atoms with Gasteiger partial charge in [0.25, 0.3) is 5.91 Å². The maximum Gasteiger partial charge on any atom is 0.257 e. The Morgan fingerprint density at radius 1 is 1.00 bits per heavy atom. The lowest BCUT2D eigenvalue weighted by atomic mass is 9.88. The fraction of sp³-hybridized carbons (Fsp3) is 0.500. The maximum absolute atomic E-state index is 13.5. The minimum atomic E-state index is -0.360. The standard InChI is InChI=1S/C30H37N3O6/c1-33-25-13-12-23(17-28(34)31-20-9-6-10-22(15-20)37-2)39-27(25)18-38-26-14-11-21(16-24(26)30(33)36)32-29(35)19-7-4-3-5-8-19/h6,9-11,14-16,19,23,25,27H,3-5,7-8,12-13,17-18H2,1-2H3,(H,31,34)(H,32,35)/t23-,25+,27+/m0/s1. The van der Waals surface area contributed by atoms with Crippen molar-refractivity contribution in [2.45, 2.75) is 69.6 Å². The van der Waals surface area contributed by atoms with Crippen molar-refractivity contribution in [1.82, 2.24) is 4.90 Å². The van der Waals surface area contributed by atoms with Gasteiger partial charge in [0.15, 0.2) is 0 Å². The number of likely N-dealkylation sites (N-methyl/N-ethyl adjacent to an activating group) is 1. The highest BCUT2D eigenvalue weighted by Crippen LogP contribution is 2.33. The van der Waals surface area contributed by atoms with Crippen molar-refractivity contribution >= 4 is 29.1 Å². The Bertz CT molecular complexity index is 1210. The van der Waals surface area contributed by atoms with E-state index in [1.807, 2.05) is 18.2 Å². The first-order valence-corrected chi connectivity index (χ1v) is 13.9. The fourth-order valence-electron chi connectivity index (χ4n) is 5.83. The minimum Gasteiger partial charge on any atom is -0.497 e. The number of amides is 3. The van der Waals surface area contributed by atoms with E-state index in [2.05, 4.69) is 10.6 Å². The lowest BCUT2D eigenvalue weighted by Crippen LogP contribution is -2.53. The van der Waals surface area contributed by atoms with Crippen molar-refractivity contribution in [1.29, 1.82) is 0 Å². The summed E-state index contributed by atoms with van der Waals surface area (Å²) in [4.78, 5) is 40.7. The molecular weight excluding hydrogens is 498 g/mol. The number of carbonyl (C=O) groups is 3. The van der Waals surface area contributed by atoms with Crippen LogP contribution in [0.3, 0.4) is 0 Å². The number of benzene rings is 2. The Labute approximate surface area is 229 Å². The number of fused-ring (bicyclic) bond motifs is 2. The summed E-state index contributed by atoms with van der Waals surface area (Å²) in [6.07, 6.45) is 6.08. The second-order valence-electron chi connectivity index (χ2n) is 10.7. The van der Waals surface area contributed by atoms with Crippen LogP contribution in [0.15, 0.2) is 42.5 Å². The summed E-state index contributed by atoms with van der Waals surface area (Å²) in [5, 5.41) is 5.90. The Morgan fingerprint density at radius 3 is 2.59 bits per heavy atom. The lowest BCUT2D eigenvalue weighted by molar-refractivity contribution is -0.130. The molecule has 9 heteroatoms. The van der Waals surface area contributed by atoms with Crippen LogP contribution in [-0.4, -0.2) is 61.6 Å². The molecule has 2 aliphatic heterocycles. The van der Waals surface area contributed by atoms with Gasteiger partial charge in [0.05, 0.1) is 31.2 Å². The first-order chi connectivity index (χ1) is 18.9. The van der Waals surface area contributed by atoms with Gasteiger partial charge in [-0.3, -0.25) is 14.4 Å². The zero-order chi connectivity index (χ0) is 27.4. The third-order valence-corrected chi connectivity index (χ3v) is 8.02. The molecule has 2 fully saturated rings. The SMILES string of the molecule is COc1cccc(NC(=O)C[C@@H]2CC[C@@H]3[C@@H](COc4ccc(NC(=O)C5CCCCC5)cc4C(=O)N3C)O2)c1. The van der Waals surface area contributed by atoms with Crippen LogP contribution in [-0.2, 0) is 14.3 Å². The number of hydrogen-bond acceptors (Lipinski definition) is 6. The van der Waals surface area contributed by atoms with Crippen LogP contribution in [0.2, 0.25) is 0 Å². The predicted octanol–water partition coefficient (Wildman–Crippen LogP) is 4.62. The molecule has 1 aliphatic carbocycles. The number of hydrogen-bond donors (Lipinski definition) is 2. The molecule has 2 aromatic carbocycles. The zero-order valence-corrected chi connectivity index (χ0v) is 22.6. The van der Waals surface area contributed by atoms with Crippen LogP contribution in [0.4, 0.5) is 11.4 Å². The first kappa shape index (κ1) is 27.0. The van der Waals surface area contributed by atoms with E-state index < -0.39 is 0 Å². The summed E-state index contributed by atoms with van der Waals surface area (Å²) in [5.41, 5.74) is 1.70. The van der Waals surface area contributed by atoms with Crippen molar-refractivity contribution < 1.29 is 28.6 Å². The van der Waals surface area contributed by atoms with E-state index in [-0.39, 0.29) is 54.9 Å². The van der Waals surface area contributed by atoms with Crippen LogP contribution < -0.4 is 20.1 Å². The quantitative estimate of drug-likeness (QED) is 0.559. The molecule has 3 amide bonds. The molecule has 39 heavy (non-hydrogen) atoms. The molecule has 0 bridgehead atoms. The number of ether oxygens (including phenoxy) is 3. The molecule has 208 valence electrons. The van der Waals surface area contributed by atoms with Crippen molar-refractivity contribution in [2.75, 3.05) is 31.4 Å². The van der Waals surface area contributed by atoms with E-state index in [9.17, 15) is 14.4 Å². The van der Waals surface area contributed by atoms with Crippen LogP contribution in [0.1, 0.15) is 61.7 Å². The van der Waals surface area contributed by atoms with E-state index >= 15 is 0 Å². The van der Waals surface area contributed by atoms with Gasteiger partial charge >= 0.3 is 0 Å². The van der Waals surface area contributed by atoms with Gasteiger partial charge < -0.3 is 29.7 Å². The monoisotopic (exact) mass is 535 g/mol. The Hall–Kier alpha value is -3.59. The third kappa shape index (κ3) is 6.36. The molecule has 1 saturated heterocycles. The van der Waals surface area contributed by atoms with E-state index in [1.165, 1.54) is 6.42 Å². The molecule has 3 aliphatic rings. The molecule has 9 nitrogen and oxygen atoms in total. The van der Waals surface area contributed by atoms with E-state index in [4.69, 9.17) is 14.2 Å². The third-order valence-electron chi connectivity index (χ3n) is 8.02. The normalized spacial score (nSPS) is 23.4. The van der Waals surface area contributed by atoms with Gasteiger partial charge in [-0.2, -0.15) is 0 Å². The van der Waals surface area contributed by atoms with Crippen molar-refractivity contribution in [3.05, 3.63) is 48.0 Å². The number of methoxy groups -OCH3 is 1. The van der Waals surface area contributed by atoms with Gasteiger partial charge in [-0.25, -0.2) is 0 Å². The van der Waals surface area contributed by atoms with Gasteiger partial charge in [0, 0.05) is 30.4 Å². The predicted molar refractivity (Wildman–Crippen MR) is 147 cm³/mol.